The van der Waals surface area contributed by atoms with Crippen LogP contribution in [0.2, 0.25) is 10.0 Å². The molecule has 0 spiro atoms. The summed E-state index contributed by atoms with van der Waals surface area (Å²) >= 11 is 12.2. The molecule has 0 aliphatic carbocycles. The molecule has 0 aliphatic heterocycles. The Morgan fingerprint density at radius 3 is 2.48 bits per heavy atom. The highest BCUT2D eigenvalue weighted by Crippen LogP contribution is 2.34. The molecule has 0 radical (unpaired) electrons. The predicted molar refractivity (Wildman–Crippen MR) is 95.5 cm³/mol. The first kappa shape index (κ1) is 20.9. The second-order valence-electron chi connectivity index (χ2n) is 4.94. The fourth-order valence-electron chi connectivity index (χ4n) is 1.69. The molecule has 1 rings (SSSR count). The highest BCUT2D eigenvalue weighted by molar-refractivity contribution is 6.41. The van der Waals surface area contributed by atoms with Crippen molar-refractivity contribution in [3.63, 3.8) is 0 Å². The summed E-state index contributed by atoms with van der Waals surface area (Å²) in [6, 6.07) is 4.71. The van der Waals surface area contributed by atoms with Crippen LogP contribution in [-0.4, -0.2) is 31.4 Å². The number of aliphatic imine (C=N–C) groups is 1. The van der Waals surface area contributed by atoms with Gasteiger partial charge in [-0.15, -0.1) is 0 Å². The summed E-state index contributed by atoms with van der Waals surface area (Å²) in [6.07, 6.45) is 2.42. The summed E-state index contributed by atoms with van der Waals surface area (Å²) < 4.78 is 9.94. The number of hydrogen-bond acceptors (Lipinski definition) is 6. The smallest absolute Gasteiger partial charge is 0.341 e. The molecule has 0 saturated carbocycles. The molecule has 1 atom stereocenters. The average Bonchev–Trinajstić information content (AvgIpc) is 2.60. The maximum atomic E-state index is 12.0. The Balaban J connectivity index is 3.04. The van der Waals surface area contributed by atoms with Crippen LogP contribution < -0.4 is 0 Å². The number of nitriles is 1. The van der Waals surface area contributed by atoms with Gasteiger partial charge in [0.15, 0.2) is 5.92 Å². The molecule has 1 unspecified atom stereocenters. The van der Waals surface area contributed by atoms with Crippen molar-refractivity contribution in [3.8, 4) is 6.07 Å². The second-order valence-corrected chi connectivity index (χ2v) is 5.73. The van der Waals surface area contributed by atoms with Crippen LogP contribution in [0.5, 0.6) is 0 Å². The van der Waals surface area contributed by atoms with E-state index < -0.39 is 17.9 Å². The van der Waals surface area contributed by atoms with E-state index in [0.717, 1.165) is 6.21 Å². The van der Waals surface area contributed by atoms with Crippen molar-refractivity contribution in [2.45, 2.75) is 26.7 Å². The molecule has 1 aromatic carbocycles. The fraction of sp³-hybridized carbons (Fsp3) is 0.412. The number of benzene rings is 1. The molecule has 25 heavy (non-hydrogen) atoms. The Labute approximate surface area is 156 Å². The Morgan fingerprint density at radius 2 is 1.88 bits per heavy atom. The van der Waals surface area contributed by atoms with E-state index in [-0.39, 0.29) is 34.5 Å². The van der Waals surface area contributed by atoms with E-state index >= 15 is 0 Å². The van der Waals surface area contributed by atoms with E-state index in [0.29, 0.717) is 12.8 Å². The molecule has 1 aromatic rings. The maximum absolute atomic E-state index is 12.0. The first-order valence-corrected chi connectivity index (χ1v) is 8.47. The van der Waals surface area contributed by atoms with Crippen molar-refractivity contribution >= 4 is 47.0 Å². The van der Waals surface area contributed by atoms with Gasteiger partial charge in [0.05, 0.1) is 40.6 Å². The lowest BCUT2D eigenvalue weighted by Gasteiger charge is -2.09. The van der Waals surface area contributed by atoms with E-state index in [4.69, 9.17) is 37.9 Å². The van der Waals surface area contributed by atoms with Gasteiger partial charge >= 0.3 is 11.9 Å². The van der Waals surface area contributed by atoms with Gasteiger partial charge in [-0.25, -0.2) is 4.79 Å². The minimum absolute atomic E-state index is 0.00602. The Bertz CT molecular complexity index is 699. The minimum Gasteiger partial charge on any atom is -0.464 e. The van der Waals surface area contributed by atoms with Crippen molar-refractivity contribution in [2.75, 3.05) is 13.2 Å². The van der Waals surface area contributed by atoms with Gasteiger partial charge in [-0.05, 0) is 25.0 Å². The summed E-state index contributed by atoms with van der Waals surface area (Å²) in [7, 11) is 0. The van der Waals surface area contributed by atoms with Gasteiger partial charge in [0.2, 0.25) is 0 Å². The Kier molecular flexibility index (Phi) is 8.96. The minimum atomic E-state index is -1.17. The van der Waals surface area contributed by atoms with Gasteiger partial charge < -0.3 is 9.47 Å². The highest BCUT2D eigenvalue weighted by Gasteiger charge is 2.20. The monoisotopic (exact) mass is 384 g/mol. The molecule has 0 heterocycles. The molecule has 0 amide bonds. The summed E-state index contributed by atoms with van der Waals surface area (Å²) in [6.45, 7) is 4.16. The van der Waals surface area contributed by atoms with Crippen LogP contribution in [0.4, 0.5) is 5.69 Å². The van der Waals surface area contributed by atoms with Gasteiger partial charge in [-0.3, -0.25) is 9.79 Å². The largest absolute Gasteiger partial charge is 0.464 e. The molecule has 0 aliphatic rings. The molecular weight excluding hydrogens is 367 g/mol. The number of rotatable bonds is 8. The number of hydrogen-bond donors (Lipinski definition) is 0. The molecule has 0 fully saturated rings. The Morgan fingerprint density at radius 1 is 1.24 bits per heavy atom. The van der Waals surface area contributed by atoms with Crippen LogP contribution in [0, 0.1) is 17.2 Å². The topological polar surface area (TPSA) is 88.8 Å². The lowest BCUT2D eigenvalue weighted by molar-refractivity contribution is -0.144. The van der Waals surface area contributed by atoms with Crippen molar-refractivity contribution in [3.05, 3.63) is 27.7 Å². The second kappa shape index (κ2) is 10.7. The molecule has 0 saturated heterocycles. The molecule has 0 N–H and O–H groups in total. The zero-order chi connectivity index (χ0) is 18.8. The number of ether oxygens (including phenoxy) is 2. The third-order valence-electron chi connectivity index (χ3n) is 2.92. The van der Waals surface area contributed by atoms with Gasteiger partial charge in [-0.2, -0.15) is 5.26 Å². The highest BCUT2D eigenvalue weighted by atomic mass is 35.5. The summed E-state index contributed by atoms with van der Waals surface area (Å²) in [4.78, 5) is 27.8. The van der Waals surface area contributed by atoms with Crippen molar-refractivity contribution in [2.24, 2.45) is 10.9 Å². The van der Waals surface area contributed by atoms with E-state index in [1.54, 1.807) is 6.07 Å². The normalized spacial score (nSPS) is 11.8. The van der Waals surface area contributed by atoms with E-state index in [1.165, 1.54) is 12.1 Å². The van der Waals surface area contributed by atoms with Crippen LogP contribution in [0.25, 0.3) is 0 Å². The molecule has 134 valence electrons. The summed E-state index contributed by atoms with van der Waals surface area (Å²) in [5.41, 5.74) is 0.187. The van der Waals surface area contributed by atoms with Gasteiger partial charge in [-0.1, -0.05) is 37.0 Å². The molecule has 0 aromatic heterocycles. The first-order chi connectivity index (χ1) is 12.0. The molecular formula is C17H18Cl2N2O4. The van der Waals surface area contributed by atoms with Crippen LogP contribution in [-0.2, 0) is 14.3 Å². The summed E-state index contributed by atoms with van der Waals surface area (Å²) in [5.74, 6) is -2.53. The van der Waals surface area contributed by atoms with Crippen LogP contribution in [0.15, 0.2) is 17.1 Å². The van der Waals surface area contributed by atoms with Crippen LogP contribution in [0.1, 0.15) is 37.0 Å². The lowest BCUT2D eigenvalue weighted by Crippen LogP contribution is -2.17. The standard InChI is InChI=1S/C17H18Cl2N2O4/c1-3-7-24-16(22)11(9-20)10-21-13-6-5-12(18)14(15(13)19)17(23)25-8-4-2/h5-6,10-11H,3-4,7-8H2,1-2H3. The quantitative estimate of drug-likeness (QED) is 0.490. The Hall–Kier alpha value is -2.10. The van der Waals surface area contributed by atoms with Crippen molar-refractivity contribution in [1.82, 2.24) is 0 Å². The van der Waals surface area contributed by atoms with Crippen molar-refractivity contribution < 1.29 is 19.1 Å². The van der Waals surface area contributed by atoms with E-state index in [9.17, 15) is 9.59 Å². The average molecular weight is 385 g/mol. The molecule has 6 nitrogen and oxygen atoms in total. The van der Waals surface area contributed by atoms with Crippen molar-refractivity contribution in [1.29, 1.82) is 5.26 Å². The van der Waals surface area contributed by atoms with E-state index in [2.05, 4.69) is 4.99 Å². The number of halogens is 2. The van der Waals surface area contributed by atoms with Gasteiger partial charge in [0.1, 0.15) is 0 Å². The third kappa shape index (κ3) is 6.04. The first-order valence-electron chi connectivity index (χ1n) is 7.71. The number of nitrogens with zero attached hydrogens (tertiary/aromatic N) is 2. The SMILES string of the molecule is CCCOC(=O)c1c(Cl)ccc(N=CC(C#N)C(=O)OCCC)c1Cl. The number of carbonyl (C=O) groups excluding carboxylic acids is 2. The predicted octanol–water partition coefficient (Wildman–Crippen LogP) is 4.36. The fourth-order valence-corrected chi connectivity index (χ4v) is 2.26. The number of esters is 2. The molecule has 0 bridgehead atoms. The summed E-state index contributed by atoms with van der Waals surface area (Å²) in [5, 5.41) is 9.18. The van der Waals surface area contributed by atoms with Gasteiger partial charge in [0.25, 0.3) is 0 Å². The van der Waals surface area contributed by atoms with Gasteiger partial charge in [0, 0.05) is 6.21 Å². The zero-order valence-corrected chi connectivity index (χ0v) is 15.4. The maximum Gasteiger partial charge on any atom is 0.341 e. The molecule has 8 heteroatoms. The lowest BCUT2D eigenvalue weighted by atomic mass is 10.2. The van der Waals surface area contributed by atoms with Crippen LogP contribution in [0.3, 0.4) is 0 Å². The zero-order valence-electron chi connectivity index (χ0n) is 13.9. The third-order valence-corrected chi connectivity index (χ3v) is 3.61. The van der Waals surface area contributed by atoms with Crippen LogP contribution >= 0.6 is 23.2 Å². The van der Waals surface area contributed by atoms with E-state index in [1.807, 2.05) is 13.8 Å². The number of carbonyl (C=O) groups is 2.